The molecule has 7 heteroatoms. The Bertz CT molecular complexity index is 472. The first kappa shape index (κ1) is 12.2. The summed E-state index contributed by atoms with van der Waals surface area (Å²) in [4.78, 5) is 0. The largest absolute Gasteiger partial charge is 0.321 e. The Hall–Kier alpha value is -1.27. The van der Waals surface area contributed by atoms with E-state index in [-0.39, 0.29) is 11.6 Å². The molecule has 17 heavy (non-hydrogen) atoms. The van der Waals surface area contributed by atoms with Gasteiger partial charge in [0.15, 0.2) is 11.4 Å². The molecule has 0 amide bonds. The molecule has 0 fully saturated rings. The van der Waals surface area contributed by atoms with Crippen molar-refractivity contribution in [2.75, 3.05) is 0 Å². The first-order valence-electron chi connectivity index (χ1n) is 4.95. The number of alkyl halides is 2. The van der Waals surface area contributed by atoms with E-state index in [1.165, 1.54) is 6.92 Å². The van der Waals surface area contributed by atoms with Crippen molar-refractivity contribution < 1.29 is 13.1 Å². The third kappa shape index (κ3) is 1.98. The van der Waals surface area contributed by atoms with Crippen LogP contribution in [0.15, 0.2) is 24.3 Å². The predicted molar refractivity (Wildman–Crippen MR) is 57.5 cm³/mol. The highest BCUT2D eigenvalue weighted by Crippen LogP contribution is 2.36. The minimum atomic E-state index is -2.73. The molecule has 1 aliphatic rings. The zero-order chi connectivity index (χ0) is 12.5. The van der Waals surface area contributed by atoms with E-state index < -0.39 is 12.2 Å². The van der Waals surface area contributed by atoms with E-state index in [0.717, 1.165) is 0 Å². The van der Waals surface area contributed by atoms with E-state index in [0.29, 0.717) is 11.0 Å². The molecule has 0 aromatic carbocycles. The summed E-state index contributed by atoms with van der Waals surface area (Å²) in [5.74, 6) is 0.117. The smallest absolute Gasteiger partial charge is 0.260 e. The Kier molecular flexibility index (Phi) is 3.26. The minimum Gasteiger partial charge on any atom is -0.260 e. The Balaban J connectivity index is 2.52. The lowest BCUT2D eigenvalue weighted by Gasteiger charge is -2.26. The lowest BCUT2D eigenvalue weighted by molar-refractivity contribution is 0.0430. The summed E-state index contributed by atoms with van der Waals surface area (Å²) in [6.45, 7) is -1.28. The van der Waals surface area contributed by atoms with Crippen molar-refractivity contribution in [1.82, 2.24) is 14.8 Å². The molecule has 1 aromatic rings. The highest BCUT2D eigenvalue weighted by molar-refractivity contribution is 6.07. The quantitative estimate of drug-likeness (QED) is 0.840. The summed E-state index contributed by atoms with van der Waals surface area (Å²) < 4.78 is 31.4. The molecule has 92 valence electrons. The molecule has 0 aliphatic heterocycles. The molecule has 0 spiro atoms. The maximum Gasteiger partial charge on any atom is 0.321 e. The van der Waals surface area contributed by atoms with Gasteiger partial charge in [-0.1, -0.05) is 18.2 Å². The molecule has 4 nitrogen and oxygen atoms in total. The topological polar surface area (TPSA) is 39.9 Å². The second-order valence-electron chi connectivity index (χ2n) is 3.68. The molecule has 0 saturated heterocycles. The van der Waals surface area contributed by atoms with E-state index in [4.69, 9.17) is 16.2 Å². The van der Waals surface area contributed by atoms with Crippen molar-refractivity contribution in [3.63, 3.8) is 0 Å². The molecule has 2 rings (SSSR count). The number of hydrogen-bond donors (Lipinski definition) is 0. The van der Waals surface area contributed by atoms with Crippen molar-refractivity contribution >= 4 is 11.9 Å². The number of hydrogen-bond acceptors (Lipinski definition) is 3. The van der Waals surface area contributed by atoms with Gasteiger partial charge in [0.1, 0.15) is 5.82 Å². The van der Waals surface area contributed by atoms with Crippen LogP contribution < -0.4 is 0 Å². The first-order valence-corrected chi connectivity index (χ1v) is 5.26. The molecular formula is C10H10ClF2N3O. The number of aryl methyl sites for hydroxylation is 1. The number of rotatable bonds is 3. The summed E-state index contributed by atoms with van der Waals surface area (Å²) in [5.41, 5.74) is -1.19. The second kappa shape index (κ2) is 4.54. The van der Waals surface area contributed by atoms with Gasteiger partial charge in [0.2, 0.25) is 0 Å². The lowest BCUT2D eigenvalue weighted by Crippen LogP contribution is -2.29. The first-order chi connectivity index (χ1) is 8.10. The number of allylic oxidation sites excluding steroid dienone is 2. The van der Waals surface area contributed by atoms with Crippen LogP contribution in [-0.4, -0.2) is 14.8 Å². The number of halogens is 3. The van der Waals surface area contributed by atoms with Gasteiger partial charge in [0.25, 0.3) is 0 Å². The van der Waals surface area contributed by atoms with E-state index in [1.807, 2.05) is 0 Å². The van der Waals surface area contributed by atoms with Crippen molar-refractivity contribution in [3.05, 3.63) is 36.0 Å². The number of aromatic nitrogens is 3. The van der Waals surface area contributed by atoms with E-state index >= 15 is 0 Å². The van der Waals surface area contributed by atoms with E-state index in [1.54, 1.807) is 24.3 Å². The maximum absolute atomic E-state index is 12.9. The summed E-state index contributed by atoms with van der Waals surface area (Å²) in [6.07, 6.45) is 7.14. The normalized spacial score (nSPS) is 23.6. The molecule has 1 aromatic heterocycles. The molecule has 0 saturated carbocycles. The van der Waals surface area contributed by atoms with Gasteiger partial charge in [-0.25, -0.2) is 0 Å². The predicted octanol–water partition coefficient (Wildman–Crippen LogP) is 2.86. The van der Waals surface area contributed by atoms with Crippen LogP contribution in [0.5, 0.6) is 0 Å². The van der Waals surface area contributed by atoms with Crippen LogP contribution in [0, 0.1) is 6.92 Å². The van der Waals surface area contributed by atoms with E-state index in [9.17, 15) is 8.78 Å². The Labute approximate surface area is 102 Å². The third-order valence-corrected chi connectivity index (χ3v) is 2.89. The van der Waals surface area contributed by atoms with Crippen molar-refractivity contribution in [2.45, 2.75) is 25.5 Å². The van der Waals surface area contributed by atoms with Crippen LogP contribution in [0.3, 0.4) is 0 Å². The Morgan fingerprint density at radius 2 is 2.24 bits per heavy atom. The summed E-state index contributed by atoms with van der Waals surface area (Å²) in [7, 11) is 0. The fourth-order valence-electron chi connectivity index (χ4n) is 1.75. The summed E-state index contributed by atoms with van der Waals surface area (Å²) >= 11 is 5.45. The molecule has 0 bridgehead atoms. The van der Waals surface area contributed by atoms with Gasteiger partial charge in [0.05, 0.1) is 11.9 Å². The van der Waals surface area contributed by atoms with Gasteiger partial charge < -0.3 is 0 Å². The van der Waals surface area contributed by atoms with Gasteiger partial charge >= 0.3 is 6.55 Å². The SMILES string of the molecule is Cc1nnc(C2(OCl)C=CC=CC2)n1C(F)F. The highest BCUT2D eigenvalue weighted by atomic mass is 35.5. The van der Waals surface area contributed by atoms with Crippen LogP contribution in [0.2, 0.25) is 0 Å². The Morgan fingerprint density at radius 3 is 2.76 bits per heavy atom. The van der Waals surface area contributed by atoms with Crippen LogP contribution in [-0.2, 0) is 9.89 Å². The molecule has 1 heterocycles. The van der Waals surface area contributed by atoms with Crippen LogP contribution in [0.25, 0.3) is 0 Å². The van der Waals surface area contributed by atoms with Gasteiger partial charge in [-0.15, -0.1) is 10.2 Å². The fourth-order valence-corrected chi connectivity index (χ4v) is 1.93. The Morgan fingerprint density at radius 1 is 1.47 bits per heavy atom. The molecule has 1 unspecified atom stereocenters. The molecular weight excluding hydrogens is 252 g/mol. The molecule has 1 aliphatic carbocycles. The standard InChI is InChI=1S/C10H10ClF2N3O/c1-7-14-15-8(16(7)9(12)13)10(17-11)5-3-2-4-6-10/h2-5,9H,6H2,1H3. The average Bonchev–Trinajstić information content (AvgIpc) is 2.72. The monoisotopic (exact) mass is 261 g/mol. The third-order valence-electron chi connectivity index (χ3n) is 2.61. The van der Waals surface area contributed by atoms with Gasteiger partial charge in [-0.2, -0.15) is 8.78 Å². The fraction of sp³-hybridized carbons (Fsp3) is 0.400. The average molecular weight is 262 g/mol. The van der Waals surface area contributed by atoms with Gasteiger partial charge in [0, 0.05) is 6.42 Å². The molecule has 0 radical (unpaired) electrons. The molecule has 0 N–H and O–H groups in total. The minimum absolute atomic E-state index is 0.000556. The lowest BCUT2D eigenvalue weighted by atomic mass is 9.94. The summed E-state index contributed by atoms with van der Waals surface area (Å²) in [6, 6.07) is 0. The van der Waals surface area contributed by atoms with E-state index in [2.05, 4.69) is 10.2 Å². The van der Waals surface area contributed by atoms with Crippen molar-refractivity contribution in [3.8, 4) is 0 Å². The second-order valence-corrected chi connectivity index (χ2v) is 3.83. The summed E-state index contributed by atoms with van der Waals surface area (Å²) in [5, 5.41) is 7.38. The van der Waals surface area contributed by atoms with Gasteiger partial charge in [-0.05, 0) is 13.0 Å². The zero-order valence-corrected chi connectivity index (χ0v) is 9.73. The maximum atomic E-state index is 12.9. The zero-order valence-electron chi connectivity index (χ0n) is 8.98. The number of nitrogens with zero attached hydrogens (tertiary/aromatic N) is 3. The highest BCUT2D eigenvalue weighted by Gasteiger charge is 2.38. The van der Waals surface area contributed by atoms with Gasteiger partial charge in [-0.3, -0.25) is 8.86 Å². The van der Waals surface area contributed by atoms with Crippen LogP contribution in [0.4, 0.5) is 8.78 Å². The van der Waals surface area contributed by atoms with Crippen LogP contribution >= 0.6 is 11.9 Å². The van der Waals surface area contributed by atoms with Crippen molar-refractivity contribution in [2.24, 2.45) is 0 Å². The van der Waals surface area contributed by atoms with Crippen molar-refractivity contribution in [1.29, 1.82) is 0 Å². The van der Waals surface area contributed by atoms with Crippen LogP contribution in [0.1, 0.15) is 24.6 Å². The molecule has 1 atom stereocenters.